The standard InChI is InChI=1S/C17H19N3O5S/c1-18-17(21)15-7-3-13(4-8-15)11-19(2)26(24,25)12-14-5-9-16(10-6-14)20(22)23/h3-10H,11-12H2,1-2H3,(H,18,21). The summed E-state index contributed by atoms with van der Waals surface area (Å²) in [6.07, 6.45) is 0. The van der Waals surface area contributed by atoms with Crippen molar-refractivity contribution in [1.29, 1.82) is 0 Å². The van der Waals surface area contributed by atoms with Gasteiger partial charge in [-0.3, -0.25) is 14.9 Å². The number of sulfonamides is 1. The van der Waals surface area contributed by atoms with Crippen molar-refractivity contribution in [1.82, 2.24) is 9.62 Å². The molecule has 138 valence electrons. The smallest absolute Gasteiger partial charge is 0.269 e. The van der Waals surface area contributed by atoms with Gasteiger partial charge >= 0.3 is 0 Å². The van der Waals surface area contributed by atoms with Crippen molar-refractivity contribution in [3.05, 3.63) is 75.3 Å². The van der Waals surface area contributed by atoms with Crippen LogP contribution in [0.5, 0.6) is 0 Å². The van der Waals surface area contributed by atoms with Crippen LogP contribution >= 0.6 is 0 Å². The Morgan fingerprint density at radius 3 is 2.12 bits per heavy atom. The van der Waals surface area contributed by atoms with E-state index in [4.69, 9.17) is 0 Å². The zero-order valence-corrected chi connectivity index (χ0v) is 15.2. The van der Waals surface area contributed by atoms with E-state index in [2.05, 4.69) is 5.32 Å². The average molecular weight is 377 g/mol. The summed E-state index contributed by atoms with van der Waals surface area (Å²) in [5.41, 5.74) is 1.62. The SMILES string of the molecule is CNC(=O)c1ccc(CN(C)S(=O)(=O)Cc2ccc([N+](=O)[O-])cc2)cc1. The van der Waals surface area contributed by atoms with E-state index in [1.807, 2.05) is 0 Å². The molecule has 0 heterocycles. The number of nitro benzene ring substituents is 1. The van der Waals surface area contributed by atoms with Crippen LogP contribution in [0.15, 0.2) is 48.5 Å². The third-order valence-electron chi connectivity index (χ3n) is 3.82. The second kappa shape index (κ2) is 8.07. The molecule has 0 atom stereocenters. The Morgan fingerprint density at radius 1 is 1.08 bits per heavy atom. The fourth-order valence-electron chi connectivity index (χ4n) is 2.30. The molecular weight excluding hydrogens is 358 g/mol. The predicted molar refractivity (Wildman–Crippen MR) is 97.0 cm³/mol. The molecule has 2 aromatic carbocycles. The molecule has 0 radical (unpaired) electrons. The largest absolute Gasteiger partial charge is 0.355 e. The van der Waals surface area contributed by atoms with Gasteiger partial charge < -0.3 is 5.32 Å². The maximum Gasteiger partial charge on any atom is 0.269 e. The lowest BCUT2D eigenvalue weighted by molar-refractivity contribution is -0.384. The van der Waals surface area contributed by atoms with Gasteiger partial charge in [-0.25, -0.2) is 12.7 Å². The van der Waals surface area contributed by atoms with Crippen molar-refractivity contribution < 1.29 is 18.1 Å². The first-order chi connectivity index (χ1) is 12.2. The van der Waals surface area contributed by atoms with Gasteiger partial charge in [0.05, 0.1) is 10.7 Å². The molecule has 0 spiro atoms. The number of rotatable bonds is 7. The molecule has 2 rings (SSSR count). The highest BCUT2D eigenvalue weighted by Crippen LogP contribution is 2.17. The summed E-state index contributed by atoms with van der Waals surface area (Å²) in [5, 5.41) is 13.2. The van der Waals surface area contributed by atoms with Gasteiger partial charge in [-0.15, -0.1) is 0 Å². The van der Waals surface area contributed by atoms with E-state index < -0.39 is 14.9 Å². The number of hydrogen-bond acceptors (Lipinski definition) is 5. The summed E-state index contributed by atoms with van der Waals surface area (Å²) in [6.45, 7) is 0.156. The Bertz CT molecular complexity index is 893. The van der Waals surface area contributed by atoms with E-state index >= 15 is 0 Å². The number of hydrogen-bond donors (Lipinski definition) is 1. The highest BCUT2D eigenvalue weighted by Gasteiger charge is 2.19. The van der Waals surface area contributed by atoms with E-state index in [1.165, 1.54) is 42.7 Å². The lowest BCUT2D eigenvalue weighted by Gasteiger charge is -2.17. The van der Waals surface area contributed by atoms with Gasteiger partial charge in [-0.1, -0.05) is 24.3 Å². The number of nitrogens with zero attached hydrogens (tertiary/aromatic N) is 2. The predicted octanol–water partition coefficient (Wildman–Crippen LogP) is 1.92. The Kier molecular flexibility index (Phi) is 6.06. The number of benzene rings is 2. The maximum absolute atomic E-state index is 12.5. The zero-order valence-electron chi connectivity index (χ0n) is 14.4. The van der Waals surface area contributed by atoms with Crippen LogP contribution in [-0.2, 0) is 22.3 Å². The first-order valence-corrected chi connectivity index (χ1v) is 9.32. The molecule has 0 aliphatic rings. The van der Waals surface area contributed by atoms with Gasteiger partial charge in [0.25, 0.3) is 11.6 Å². The lowest BCUT2D eigenvalue weighted by Crippen LogP contribution is -2.27. The Labute approximate surface area is 151 Å². The molecular formula is C17H19N3O5S. The van der Waals surface area contributed by atoms with Crippen LogP contribution in [0.2, 0.25) is 0 Å². The minimum absolute atomic E-state index is 0.0873. The van der Waals surface area contributed by atoms with Crippen molar-refractivity contribution >= 4 is 21.6 Å². The highest BCUT2D eigenvalue weighted by atomic mass is 32.2. The number of nitrogens with one attached hydrogen (secondary N) is 1. The fraction of sp³-hybridized carbons (Fsp3) is 0.235. The van der Waals surface area contributed by atoms with Gasteiger partial charge in [-0.2, -0.15) is 0 Å². The minimum Gasteiger partial charge on any atom is -0.355 e. The van der Waals surface area contributed by atoms with Crippen LogP contribution in [0.4, 0.5) is 5.69 Å². The van der Waals surface area contributed by atoms with Gasteiger partial charge in [-0.05, 0) is 23.3 Å². The van der Waals surface area contributed by atoms with Gasteiger partial charge in [0, 0.05) is 38.3 Å². The van der Waals surface area contributed by atoms with Crippen molar-refractivity contribution in [2.45, 2.75) is 12.3 Å². The Morgan fingerprint density at radius 2 is 1.62 bits per heavy atom. The van der Waals surface area contributed by atoms with E-state index in [9.17, 15) is 23.3 Å². The minimum atomic E-state index is -3.59. The van der Waals surface area contributed by atoms with Crippen LogP contribution in [0.3, 0.4) is 0 Å². The highest BCUT2D eigenvalue weighted by molar-refractivity contribution is 7.88. The van der Waals surface area contributed by atoms with Gasteiger partial charge in [0.2, 0.25) is 10.0 Å². The molecule has 1 N–H and O–H groups in total. The van der Waals surface area contributed by atoms with Crippen molar-refractivity contribution in [2.75, 3.05) is 14.1 Å². The fourth-order valence-corrected chi connectivity index (χ4v) is 3.48. The van der Waals surface area contributed by atoms with Crippen LogP contribution in [0.25, 0.3) is 0 Å². The Balaban J connectivity index is 2.06. The Hall–Kier alpha value is -2.78. The first kappa shape index (κ1) is 19.5. The second-order valence-electron chi connectivity index (χ2n) is 5.71. The van der Waals surface area contributed by atoms with E-state index in [0.717, 1.165) is 5.56 Å². The summed E-state index contributed by atoms with van der Waals surface area (Å²) in [5.74, 6) is -0.464. The number of amides is 1. The molecule has 0 aromatic heterocycles. The summed E-state index contributed by atoms with van der Waals surface area (Å²) in [7, 11) is -0.589. The molecule has 0 aliphatic carbocycles. The summed E-state index contributed by atoms with van der Waals surface area (Å²) < 4.78 is 26.2. The number of carbonyl (C=O) groups is 1. The molecule has 0 fully saturated rings. The number of non-ortho nitro benzene ring substituents is 1. The van der Waals surface area contributed by atoms with Crippen LogP contribution < -0.4 is 5.32 Å². The molecule has 1 amide bonds. The summed E-state index contributed by atoms with van der Waals surface area (Å²) >= 11 is 0. The molecule has 26 heavy (non-hydrogen) atoms. The molecule has 9 heteroatoms. The second-order valence-corrected chi connectivity index (χ2v) is 7.79. The first-order valence-electron chi connectivity index (χ1n) is 7.71. The molecule has 8 nitrogen and oxygen atoms in total. The van der Waals surface area contributed by atoms with E-state index in [1.54, 1.807) is 24.3 Å². The van der Waals surface area contributed by atoms with E-state index in [0.29, 0.717) is 11.1 Å². The quantitative estimate of drug-likeness (QED) is 0.585. The van der Waals surface area contributed by atoms with E-state index in [-0.39, 0.29) is 23.9 Å². The summed E-state index contributed by atoms with van der Waals surface area (Å²) in [6, 6.07) is 12.1. The average Bonchev–Trinajstić information content (AvgIpc) is 2.61. The molecule has 0 saturated carbocycles. The van der Waals surface area contributed by atoms with Gasteiger partial charge in [0.1, 0.15) is 0 Å². The maximum atomic E-state index is 12.5. The third-order valence-corrected chi connectivity index (χ3v) is 5.60. The monoisotopic (exact) mass is 377 g/mol. The number of carbonyl (C=O) groups excluding carboxylic acids is 1. The van der Waals surface area contributed by atoms with Crippen molar-refractivity contribution in [2.24, 2.45) is 0 Å². The van der Waals surface area contributed by atoms with Crippen molar-refractivity contribution in [3.63, 3.8) is 0 Å². The lowest BCUT2D eigenvalue weighted by atomic mass is 10.1. The zero-order chi connectivity index (χ0) is 19.3. The van der Waals surface area contributed by atoms with Crippen LogP contribution in [-0.4, -0.2) is 37.6 Å². The van der Waals surface area contributed by atoms with Crippen LogP contribution in [0.1, 0.15) is 21.5 Å². The summed E-state index contributed by atoms with van der Waals surface area (Å²) in [4.78, 5) is 21.6. The number of nitro groups is 1. The molecule has 0 bridgehead atoms. The molecule has 2 aromatic rings. The third kappa shape index (κ3) is 4.87. The van der Waals surface area contributed by atoms with Crippen molar-refractivity contribution in [3.8, 4) is 0 Å². The molecule has 0 saturated heterocycles. The molecule has 0 aliphatic heterocycles. The normalized spacial score (nSPS) is 11.3. The molecule has 0 unspecified atom stereocenters. The topological polar surface area (TPSA) is 110 Å². The van der Waals surface area contributed by atoms with Gasteiger partial charge in [0.15, 0.2) is 0 Å². The van der Waals surface area contributed by atoms with Crippen LogP contribution in [0, 0.1) is 10.1 Å².